The van der Waals surface area contributed by atoms with Crippen LogP contribution in [-0.2, 0) is 0 Å². The van der Waals surface area contributed by atoms with E-state index in [1.807, 2.05) is 24.3 Å². The molecule has 0 saturated carbocycles. The normalized spacial score (nSPS) is 25.1. The van der Waals surface area contributed by atoms with E-state index in [1.165, 1.54) is 19.5 Å². The Labute approximate surface area is 115 Å². The van der Waals surface area contributed by atoms with Crippen molar-refractivity contribution in [3.63, 3.8) is 0 Å². The van der Waals surface area contributed by atoms with E-state index < -0.39 is 0 Å². The molecular formula is C15H22ClNO. The van der Waals surface area contributed by atoms with E-state index in [0.717, 1.165) is 35.8 Å². The summed E-state index contributed by atoms with van der Waals surface area (Å²) in [6, 6.07) is 7.57. The monoisotopic (exact) mass is 267 g/mol. The highest BCUT2D eigenvalue weighted by Gasteiger charge is 2.21. The van der Waals surface area contributed by atoms with Gasteiger partial charge in [-0.3, -0.25) is 4.90 Å². The van der Waals surface area contributed by atoms with Crippen LogP contribution in [0.5, 0.6) is 5.75 Å². The number of halogens is 1. The molecule has 1 saturated heterocycles. The lowest BCUT2D eigenvalue weighted by molar-refractivity contribution is 0.120. The number of hydrogen-bond acceptors (Lipinski definition) is 2. The van der Waals surface area contributed by atoms with Crippen molar-refractivity contribution in [2.45, 2.75) is 20.3 Å². The summed E-state index contributed by atoms with van der Waals surface area (Å²) in [5.74, 6) is 2.52. The summed E-state index contributed by atoms with van der Waals surface area (Å²) in [7, 11) is 0. The third kappa shape index (κ3) is 4.18. The molecule has 2 nitrogen and oxygen atoms in total. The first-order valence-electron chi connectivity index (χ1n) is 6.74. The lowest BCUT2D eigenvalue weighted by atomic mass is 9.92. The minimum absolute atomic E-state index is 0.751. The minimum atomic E-state index is 0.751. The highest BCUT2D eigenvalue weighted by Crippen LogP contribution is 2.21. The maximum atomic E-state index is 5.84. The van der Waals surface area contributed by atoms with Gasteiger partial charge in [-0.25, -0.2) is 0 Å². The summed E-state index contributed by atoms with van der Waals surface area (Å²) >= 11 is 5.84. The Morgan fingerprint density at radius 1 is 1.17 bits per heavy atom. The standard InChI is InChI=1S/C15H22ClNO/c1-12-9-13(2)11-17(10-12)7-8-18-15-5-3-14(16)4-6-15/h3-6,12-13H,7-11H2,1-2H3/t12-,13-/m1/s1. The van der Waals surface area contributed by atoms with Gasteiger partial charge in [0.1, 0.15) is 12.4 Å². The van der Waals surface area contributed by atoms with Crippen LogP contribution in [0.2, 0.25) is 5.02 Å². The molecule has 18 heavy (non-hydrogen) atoms. The van der Waals surface area contributed by atoms with Crippen LogP contribution in [0, 0.1) is 11.8 Å². The van der Waals surface area contributed by atoms with Gasteiger partial charge in [0.15, 0.2) is 0 Å². The first-order chi connectivity index (χ1) is 8.63. The molecule has 0 amide bonds. The number of hydrogen-bond donors (Lipinski definition) is 0. The first-order valence-corrected chi connectivity index (χ1v) is 7.12. The summed E-state index contributed by atoms with van der Waals surface area (Å²) in [5, 5.41) is 0.751. The van der Waals surface area contributed by atoms with Gasteiger partial charge >= 0.3 is 0 Å². The molecule has 1 aliphatic heterocycles. The van der Waals surface area contributed by atoms with E-state index >= 15 is 0 Å². The largest absolute Gasteiger partial charge is 0.492 e. The predicted molar refractivity (Wildman–Crippen MR) is 76.3 cm³/mol. The lowest BCUT2D eigenvalue weighted by Crippen LogP contribution is -2.40. The Morgan fingerprint density at radius 2 is 1.78 bits per heavy atom. The van der Waals surface area contributed by atoms with Crippen LogP contribution in [0.25, 0.3) is 0 Å². The fourth-order valence-electron chi connectivity index (χ4n) is 2.80. The van der Waals surface area contributed by atoms with Gasteiger partial charge in [-0.1, -0.05) is 25.4 Å². The molecule has 0 radical (unpaired) electrons. The van der Waals surface area contributed by atoms with Crippen LogP contribution in [0.15, 0.2) is 24.3 Å². The summed E-state index contributed by atoms with van der Waals surface area (Å²) in [4.78, 5) is 2.51. The fraction of sp³-hybridized carbons (Fsp3) is 0.600. The summed E-state index contributed by atoms with van der Waals surface area (Å²) in [6.07, 6.45) is 1.36. The maximum Gasteiger partial charge on any atom is 0.119 e. The molecule has 1 aromatic rings. The zero-order chi connectivity index (χ0) is 13.0. The summed E-state index contributed by atoms with van der Waals surface area (Å²) < 4.78 is 5.73. The lowest BCUT2D eigenvalue weighted by Gasteiger charge is -2.34. The molecule has 1 heterocycles. The molecule has 0 N–H and O–H groups in total. The molecule has 0 aromatic heterocycles. The average molecular weight is 268 g/mol. The Bertz CT molecular complexity index is 355. The van der Waals surface area contributed by atoms with Gasteiger partial charge in [0.25, 0.3) is 0 Å². The smallest absolute Gasteiger partial charge is 0.119 e. The van der Waals surface area contributed by atoms with E-state index in [2.05, 4.69) is 18.7 Å². The van der Waals surface area contributed by atoms with E-state index in [4.69, 9.17) is 16.3 Å². The van der Waals surface area contributed by atoms with Crippen molar-refractivity contribution in [1.29, 1.82) is 0 Å². The molecular weight excluding hydrogens is 246 g/mol. The fourth-order valence-corrected chi connectivity index (χ4v) is 2.92. The number of likely N-dealkylation sites (tertiary alicyclic amines) is 1. The topological polar surface area (TPSA) is 12.5 Å². The van der Waals surface area contributed by atoms with Crippen molar-refractivity contribution in [3.8, 4) is 5.75 Å². The molecule has 0 bridgehead atoms. The van der Waals surface area contributed by atoms with Gasteiger partial charge in [0, 0.05) is 24.7 Å². The van der Waals surface area contributed by atoms with Crippen LogP contribution >= 0.6 is 11.6 Å². The zero-order valence-corrected chi connectivity index (χ0v) is 12.0. The van der Waals surface area contributed by atoms with Crippen LogP contribution in [0.3, 0.4) is 0 Å². The molecule has 0 aliphatic carbocycles. The highest BCUT2D eigenvalue weighted by atomic mass is 35.5. The quantitative estimate of drug-likeness (QED) is 0.825. The number of ether oxygens (including phenoxy) is 1. The number of benzene rings is 1. The van der Waals surface area contributed by atoms with E-state index in [-0.39, 0.29) is 0 Å². The molecule has 1 aromatic carbocycles. The second kappa shape index (κ2) is 6.44. The van der Waals surface area contributed by atoms with Crippen LogP contribution in [0.4, 0.5) is 0 Å². The van der Waals surface area contributed by atoms with Gasteiger partial charge in [-0.15, -0.1) is 0 Å². The third-order valence-electron chi connectivity index (χ3n) is 3.43. The second-order valence-electron chi connectivity index (χ2n) is 5.51. The minimum Gasteiger partial charge on any atom is -0.492 e. The number of nitrogens with zero attached hydrogens (tertiary/aromatic N) is 1. The van der Waals surface area contributed by atoms with Crippen molar-refractivity contribution in [2.24, 2.45) is 11.8 Å². The molecule has 2 atom stereocenters. The number of piperidine rings is 1. The molecule has 0 spiro atoms. The zero-order valence-electron chi connectivity index (χ0n) is 11.2. The van der Waals surface area contributed by atoms with Crippen molar-refractivity contribution in [1.82, 2.24) is 4.90 Å². The van der Waals surface area contributed by atoms with Crippen molar-refractivity contribution in [3.05, 3.63) is 29.3 Å². The van der Waals surface area contributed by atoms with E-state index in [9.17, 15) is 0 Å². The maximum absolute atomic E-state index is 5.84. The second-order valence-corrected chi connectivity index (χ2v) is 5.94. The molecule has 1 fully saturated rings. The summed E-state index contributed by atoms with van der Waals surface area (Å²) in [6.45, 7) is 8.84. The van der Waals surface area contributed by atoms with Crippen LogP contribution < -0.4 is 4.74 Å². The van der Waals surface area contributed by atoms with E-state index in [1.54, 1.807) is 0 Å². The van der Waals surface area contributed by atoms with Gasteiger partial charge in [0.2, 0.25) is 0 Å². The third-order valence-corrected chi connectivity index (χ3v) is 3.69. The molecule has 2 rings (SSSR count). The Balaban J connectivity index is 1.73. The Morgan fingerprint density at radius 3 is 2.39 bits per heavy atom. The SMILES string of the molecule is C[C@@H]1C[C@@H](C)CN(CCOc2ccc(Cl)cc2)C1. The van der Waals surface area contributed by atoms with Crippen molar-refractivity contribution >= 4 is 11.6 Å². The Kier molecular flexibility index (Phi) is 4.90. The molecule has 100 valence electrons. The number of rotatable bonds is 4. The highest BCUT2D eigenvalue weighted by molar-refractivity contribution is 6.30. The van der Waals surface area contributed by atoms with E-state index in [0.29, 0.717) is 0 Å². The Hall–Kier alpha value is -0.730. The van der Waals surface area contributed by atoms with Crippen LogP contribution in [0.1, 0.15) is 20.3 Å². The predicted octanol–water partition coefficient (Wildman–Crippen LogP) is 3.70. The van der Waals surface area contributed by atoms with Crippen LogP contribution in [-0.4, -0.2) is 31.1 Å². The van der Waals surface area contributed by atoms with Crippen molar-refractivity contribution < 1.29 is 4.74 Å². The molecule has 0 unspecified atom stereocenters. The molecule has 3 heteroatoms. The summed E-state index contributed by atoms with van der Waals surface area (Å²) in [5.41, 5.74) is 0. The van der Waals surface area contributed by atoms with Crippen molar-refractivity contribution in [2.75, 3.05) is 26.2 Å². The average Bonchev–Trinajstić information content (AvgIpc) is 2.30. The van der Waals surface area contributed by atoms with Gasteiger partial charge in [0.05, 0.1) is 0 Å². The first kappa shape index (κ1) is 13.7. The molecule has 1 aliphatic rings. The van der Waals surface area contributed by atoms with Gasteiger partial charge in [-0.2, -0.15) is 0 Å². The van der Waals surface area contributed by atoms with Gasteiger partial charge < -0.3 is 4.74 Å². The van der Waals surface area contributed by atoms with Gasteiger partial charge in [-0.05, 0) is 42.5 Å².